The average molecular weight is 595 g/mol. The number of likely N-dealkylation sites (N-methyl/N-ethyl adjacent to an activating group) is 1. The number of aryl methyl sites for hydroxylation is 1. The van der Waals surface area contributed by atoms with Gasteiger partial charge in [0, 0.05) is 38.0 Å². The first kappa shape index (κ1) is 31.8. The maximum Gasteiger partial charge on any atom is 0.407 e. The van der Waals surface area contributed by atoms with Gasteiger partial charge in [-0.15, -0.1) is 0 Å². The average Bonchev–Trinajstić information content (AvgIpc) is 3.33. The van der Waals surface area contributed by atoms with Crippen molar-refractivity contribution in [2.45, 2.75) is 44.4 Å². The molecule has 11 nitrogen and oxygen atoms in total. The van der Waals surface area contributed by atoms with Gasteiger partial charge in [-0.25, -0.2) is 9.18 Å². The summed E-state index contributed by atoms with van der Waals surface area (Å²) in [6.07, 6.45) is -1.64. The Morgan fingerprint density at radius 2 is 2.00 bits per heavy atom. The molecule has 3 aromatic rings. The van der Waals surface area contributed by atoms with Gasteiger partial charge < -0.3 is 29.8 Å². The van der Waals surface area contributed by atoms with Gasteiger partial charge in [0.2, 0.25) is 11.8 Å². The van der Waals surface area contributed by atoms with E-state index in [2.05, 4.69) is 25.3 Å². The van der Waals surface area contributed by atoms with E-state index in [1.165, 1.54) is 39.9 Å². The van der Waals surface area contributed by atoms with Crippen LogP contribution in [0.3, 0.4) is 0 Å². The number of hydrogen-bond acceptors (Lipinski definition) is 6. The summed E-state index contributed by atoms with van der Waals surface area (Å²) in [6, 6.07) is 3.24. The third-order valence-corrected chi connectivity index (χ3v) is 6.15. The van der Waals surface area contributed by atoms with Crippen LogP contribution in [-0.4, -0.2) is 70.8 Å². The number of H-pyrrole nitrogens is 1. The zero-order valence-electron chi connectivity index (χ0n) is 23.0. The van der Waals surface area contributed by atoms with E-state index in [0.29, 0.717) is 5.69 Å². The van der Waals surface area contributed by atoms with Gasteiger partial charge >= 0.3 is 12.3 Å². The van der Waals surface area contributed by atoms with E-state index in [4.69, 9.17) is 0 Å². The Kier molecular flexibility index (Phi) is 10.4. The zero-order valence-corrected chi connectivity index (χ0v) is 23.0. The number of anilines is 1. The fourth-order valence-electron chi connectivity index (χ4n) is 3.98. The normalized spacial score (nSPS) is 12.4. The van der Waals surface area contributed by atoms with Crippen LogP contribution in [-0.2, 0) is 27.3 Å². The second-order valence-electron chi connectivity index (χ2n) is 9.50. The molecule has 0 unspecified atom stereocenters. The molecule has 3 N–H and O–H groups in total. The summed E-state index contributed by atoms with van der Waals surface area (Å²) in [7, 11) is 4.29. The molecule has 0 aliphatic rings. The highest BCUT2D eigenvalue weighted by Crippen LogP contribution is 2.27. The minimum absolute atomic E-state index is 0.0895. The second kappa shape index (κ2) is 13.8. The van der Waals surface area contributed by atoms with Gasteiger partial charge in [0.1, 0.15) is 17.5 Å². The van der Waals surface area contributed by atoms with Gasteiger partial charge in [0.25, 0.3) is 5.56 Å². The largest absolute Gasteiger partial charge is 0.453 e. The molecule has 0 aliphatic carbocycles. The van der Waals surface area contributed by atoms with Gasteiger partial charge in [-0.1, -0.05) is 6.08 Å². The van der Waals surface area contributed by atoms with Gasteiger partial charge in [-0.05, 0) is 43.5 Å². The number of carbonyl (C=O) groups is 3. The summed E-state index contributed by atoms with van der Waals surface area (Å²) < 4.78 is 58.3. The van der Waals surface area contributed by atoms with E-state index in [-0.39, 0.29) is 47.6 Å². The molecule has 0 bridgehead atoms. The minimum atomic E-state index is -4.47. The van der Waals surface area contributed by atoms with Crippen molar-refractivity contribution in [1.82, 2.24) is 24.8 Å². The summed E-state index contributed by atoms with van der Waals surface area (Å²) >= 11 is 0. The highest BCUT2D eigenvalue weighted by molar-refractivity contribution is 5.96. The summed E-state index contributed by atoms with van der Waals surface area (Å²) in [4.78, 5) is 57.8. The van der Waals surface area contributed by atoms with Crippen molar-refractivity contribution in [2.24, 2.45) is 0 Å². The Morgan fingerprint density at radius 3 is 2.67 bits per heavy atom. The fraction of sp³-hybridized carbons (Fsp3) is 0.370. The summed E-state index contributed by atoms with van der Waals surface area (Å²) in [6.45, 7) is -0.0895. The molecular weight excluding hydrogens is 564 g/mol. The number of rotatable bonds is 11. The lowest BCUT2D eigenvalue weighted by atomic mass is 10.1. The van der Waals surface area contributed by atoms with E-state index in [0.717, 1.165) is 13.3 Å². The van der Waals surface area contributed by atoms with Crippen LogP contribution in [0.2, 0.25) is 0 Å². The number of fused-ring (bicyclic) bond motifs is 1. The number of carbonyl (C=O) groups excluding carboxylic acids is 3. The van der Waals surface area contributed by atoms with Crippen LogP contribution in [0.25, 0.3) is 11.0 Å². The maximum absolute atomic E-state index is 14.3. The van der Waals surface area contributed by atoms with Gasteiger partial charge in [-0.2, -0.15) is 13.2 Å². The molecule has 3 heterocycles. The van der Waals surface area contributed by atoms with Crippen molar-refractivity contribution in [2.75, 3.05) is 26.5 Å². The molecule has 15 heteroatoms. The summed E-state index contributed by atoms with van der Waals surface area (Å²) in [5.74, 6) is -1.84. The van der Waals surface area contributed by atoms with E-state index < -0.39 is 48.4 Å². The molecule has 1 atom stereocenters. The van der Waals surface area contributed by atoms with Gasteiger partial charge in [0.15, 0.2) is 0 Å². The number of nitrogens with one attached hydrogen (secondary N) is 3. The van der Waals surface area contributed by atoms with Crippen molar-refractivity contribution in [3.05, 3.63) is 70.2 Å². The van der Waals surface area contributed by atoms with E-state index in [1.54, 1.807) is 20.2 Å². The van der Waals surface area contributed by atoms with Crippen molar-refractivity contribution in [3.8, 4) is 0 Å². The first-order valence-corrected chi connectivity index (χ1v) is 12.7. The fourth-order valence-corrected chi connectivity index (χ4v) is 3.98. The summed E-state index contributed by atoms with van der Waals surface area (Å²) in [5.41, 5.74) is -0.185. The second-order valence-corrected chi connectivity index (χ2v) is 9.50. The first-order chi connectivity index (χ1) is 19.8. The summed E-state index contributed by atoms with van der Waals surface area (Å²) in [5, 5.41) is 4.88. The number of aromatic nitrogens is 3. The number of aromatic amines is 1. The number of pyridine rings is 2. The lowest BCUT2D eigenvalue weighted by Crippen LogP contribution is -2.44. The molecule has 3 rings (SSSR count). The molecule has 226 valence electrons. The molecule has 0 aromatic carbocycles. The molecule has 0 saturated heterocycles. The molecule has 0 radical (unpaired) electrons. The van der Waals surface area contributed by atoms with E-state index in [1.807, 2.05) is 0 Å². The van der Waals surface area contributed by atoms with Crippen LogP contribution in [0.15, 0.2) is 47.5 Å². The third-order valence-electron chi connectivity index (χ3n) is 6.15. The number of alkyl halides is 3. The molecule has 3 aromatic heterocycles. The number of alkyl carbamates (subject to hydrolysis) is 1. The van der Waals surface area contributed by atoms with E-state index in [9.17, 15) is 36.7 Å². The van der Waals surface area contributed by atoms with Crippen molar-refractivity contribution >= 4 is 34.6 Å². The van der Waals surface area contributed by atoms with Crippen molar-refractivity contribution < 1.29 is 36.7 Å². The molecule has 0 spiro atoms. The monoisotopic (exact) mass is 594 g/mol. The number of ether oxygens (including phenoxy) is 1. The maximum atomic E-state index is 14.3. The van der Waals surface area contributed by atoms with Crippen molar-refractivity contribution in [1.29, 1.82) is 0 Å². The van der Waals surface area contributed by atoms with E-state index >= 15 is 0 Å². The van der Waals surface area contributed by atoms with Crippen molar-refractivity contribution in [3.63, 3.8) is 0 Å². The number of amides is 3. The molecular formula is C27H30F4N6O5. The lowest BCUT2D eigenvalue weighted by molar-refractivity contribution is -0.134. The minimum Gasteiger partial charge on any atom is -0.453 e. The predicted molar refractivity (Wildman–Crippen MR) is 145 cm³/mol. The molecule has 3 amide bonds. The Hall–Kier alpha value is -4.69. The highest BCUT2D eigenvalue weighted by atomic mass is 19.4. The number of hydrogen-bond donors (Lipinski definition) is 3. The SMILES string of the molecule is COC(=O)N[C@@H](CC/C=C/C(=O)N(C)C)C(=O)Nc1cccn(Cc2cc3ncc(F)c(CCC(F)(F)F)c3[nH]2)c1=O. The van der Waals surface area contributed by atoms with Crippen LogP contribution in [0.4, 0.5) is 28.0 Å². The van der Waals surface area contributed by atoms with Crippen LogP contribution in [0, 0.1) is 5.82 Å². The Bertz CT molecular complexity index is 1530. The highest BCUT2D eigenvalue weighted by Gasteiger charge is 2.28. The predicted octanol–water partition coefficient (Wildman–Crippen LogP) is 3.49. The molecule has 42 heavy (non-hydrogen) atoms. The number of nitrogens with zero attached hydrogens (tertiary/aromatic N) is 3. The Labute approximate surface area is 237 Å². The molecule has 0 aliphatic heterocycles. The molecule has 0 saturated carbocycles. The first-order valence-electron chi connectivity index (χ1n) is 12.7. The Morgan fingerprint density at radius 1 is 1.26 bits per heavy atom. The third kappa shape index (κ3) is 8.65. The topological polar surface area (TPSA) is 138 Å². The smallest absolute Gasteiger partial charge is 0.407 e. The zero-order chi connectivity index (χ0) is 31.0. The Balaban J connectivity index is 1.78. The van der Waals surface area contributed by atoms with Crippen LogP contribution >= 0.6 is 0 Å². The van der Waals surface area contributed by atoms with Crippen LogP contribution in [0.1, 0.15) is 30.5 Å². The van der Waals surface area contributed by atoms with Gasteiger partial charge in [0.05, 0.1) is 30.9 Å². The lowest BCUT2D eigenvalue weighted by Gasteiger charge is -2.17. The van der Waals surface area contributed by atoms with Crippen LogP contribution < -0.4 is 16.2 Å². The van der Waals surface area contributed by atoms with Gasteiger partial charge in [-0.3, -0.25) is 19.4 Å². The standard InChI is InChI=1S/C27H30F4N6O5/c1-36(2)22(38)9-5-4-7-19(35-26(41)42-3)24(39)34-20-8-6-12-37(25(20)40)15-16-13-21-23(33-16)17(18(28)14-32-21)10-11-27(29,30)31/h5-6,8-9,12-14,19,33H,4,7,10-11,15H2,1-3H3,(H,34,39)(H,35,41)/b9-5+/t19-/m0/s1. The number of allylic oxidation sites excluding steroid dienone is 1. The molecule has 0 fully saturated rings. The van der Waals surface area contributed by atoms with Crippen LogP contribution in [0.5, 0.6) is 0 Å². The quantitative estimate of drug-likeness (QED) is 0.230. The number of methoxy groups -OCH3 is 1. The number of halogens is 4.